The van der Waals surface area contributed by atoms with Crippen molar-refractivity contribution in [2.24, 2.45) is 7.05 Å². The van der Waals surface area contributed by atoms with E-state index >= 15 is 0 Å². The average Bonchev–Trinajstić information content (AvgIpc) is 3.50. The maximum Gasteiger partial charge on any atom is 0.252 e. The Morgan fingerprint density at radius 1 is 1.18 bits per heavy atom. The molecule has 0 saturated carbocycles. The molecule has 0 bridgehead atoms. The zero-order chi connectivity index (χ0) is 23.1. The number of ether oxygens (including phenoxy) is 1. The predicted octanol–water partition coefficient (Wildman–Crippen LogP) is 0.350. The van der Waals surface area contributed by atoms with Crippen molar-refractivity contribution in [3.63, 3.8) is 0 Å². The van der Waals surface area contributed by atoms with Crippen LogP contribution in [0.25, 0.3) is 22.3 Å². The molecule has 33 heavy (non-hydrogen) atoms. The number of nitrogen functional groups attached to an aromatic ring is 1. The fourth-order valence-electron chi connectivity index (χ4n) is 4.05. The Kier molecular flexibility index (Phi) is 5.29. The molecule has 11 heteroatoms. The van der Waals surface area contributed by atoms with Crippen LogP contribution in [0.4, 0.5) is 5.82 Å². The summed E-state index contributed by atoms with van der Waals surface area (Å²) in [5, 5.41) is 29.0. The van der Waals surface area contributed by atoms with Crippen molar-refractivity contribution in [2.75, 3.05) is 5.73 Å². The highest BCUT2D eigenvalue weighted by atomic mass is 16.6. The molecule has 170 valence electrons. The van der Waals surface area contributed by atoms with Crippen LogP contribution < -0.4 is 11.1 Å². The summed E-state index contributed by atoms with van der Waals surface area (Å²) in [5.41, 5.74) is 8.70. The monoisotopic (exact) mass is 449 g/mol. The molecule has 1 aromatic carbocycles. The highest BCUT2D eigenvalue weighted by Crippen LogP contribution is 2.37. The number of carbonyl (C=O) groups is 1. The Morgan fingerprint density at radius 3 is 2.70 bits per heavy atom. The second kappa shape index (κ2) is 8.28. The lowest BCUT2D eigenvalue weighted by Gasteiger charge is -2.17. The van der Waals surface area contributed by atoms with Crippen LogP contribution >= 0.6 is 0 Å². The minimum atomic E-state index is -1.43. The van der Waals surface area contributed by atoms with Gasteiger partial charge in [0, 0.05) is 31.5 Å². The Balaban J connectivity index is 1.45. The van der Waals surface area contributed by atoms with Crippen molar-refractivity contribution in [1.82, 2.24) is 29.6 Å². The van der Waals surface area contributed by atoms with Gasteiger partial charge in [-0.1, -0.05) is 30.3 Å². The van der Waals surface area contributed by atoms with Crippen molar-refractivity contribution in [3.8, 4) is 11.3 Å². The van der Waals surface area contributed by atoms with Gasteiger partial charge < -0.3 is 30.6 Å². The van der Waals surface area contributed by atoms with Crippen LogP contribution in [0.5, 0.6) is 0 Å². The summed E-state index contributed by atoms with van der Waals surface area (Å²) in [6.07, 6.45) is -0.357. The normalized spacial score (nSPS) is 22.6. The highest BCUT2D eigenvalue weighted by Gasteiger charge is 2.47. The van der Waals surface area contributed by atoms with Gasteiger partial charge in [0.25, 0.3) is 5.91 Å². The summed E-state index contributed by atoms with van der Waals surface area (Å²) < 4.78 is 9.05. The number of benzene rings is 1. The van der Waals surface area contributed by atoms with E-state index < -0.39 is 30.4 Å². The average molecular weight is 449 g/mol. The van der Waals surface area contributed by atoms with E-state index in [1.54, 1.807) is 28.7 Å². The topological polar surface area (TPSA) is 153 Å². The fourth-order valence-corrected chi connectivity index (χ4v) is 4.05. The maximum absolute atomic E-state index is 12.7. The lowest BCUT2D eigenvalue weighted by atomic mass is 10.1. The number of aliphatic hydroxyl groups excluding tert-OH is 2. The molecule has 1 saturated heterocycles. The third kappa shape index (κ3) is 3.71. The molecular weight excluding hydrogens is 426 g/mol. The van der Waals surface area contributed by atoms with E-state index in [0.717, 1.165) is 5.56 Å². The van der Waals surface area contributed by atoms with Gasteiger partial charge in [-0.05, 0) is 11.6 Å². The minimum absolute atomic E-state index is 0.240. The van der Waals surface area contributed by atoms with Crippen LogP contribution in [0, 0.1) is 0 Å². The lowest BCUT2D eigenvalue weighted by Crippen LogP contribution is -2.42. The number of aliphatic hydroxyl groups is 2. The second-order valence-corrected chi connectivity index (χ2v) is 7.91. The van der Waals surface area contributed by atoms with E-state index in [-0.39, 0.29) is 12.4 Å². The molecule has 3 aromatic heterocycles. The first-order valence-corrected chi connectivity index (χ1v) is 10.4. The van der Waals surface area contributed by atoms with Crippen molar-refractivity contribution in [3.05, 3.63) is 60.7 Å². The first kappa shape index (κ1) is 21.1. The third-order valence-electron chi connectivity index (χ3n) is 5.71. The number of nitrogens with two attached hydrogens (primary N) is 1. The van der Waals surface area contributed by atoms with E-state index in [1.807, 2.05) is 36.4 Å². The third-order valence-corrected chi connectivity index (χ3v) is 5.71. The number of nitrogens with zero attached hydrogens (tertiary/aromatic N) is 5. The SMILES string of the molecule is Cn1ccc(-c2cn([C@@H]3O[C@H](C(=O)NCc4ccccc4)[C@@H](O)[C@H]3O)c3ncnc(N)c23)n1. The fraction of sp³-hybridized carbons (Fsp3) is 0.273. The summed E-state index contributed by atoms with van der Waals surface area (Å²) in [4.78, 5) is 21.1. The number of hydrogen-bond acceptors (Lipinski definition) is 8. The molecule has 4 atom stereocenters. The number of nitrogens with one attached hydrogen (secondary N) is 1. The van der Waals surface area contributed by atoms with Gasteiger partial charge in [0.2, 0.25) is 0 Å². The molecule has 5 rings (SSSR count). The van der Waals surface area contributed by atoms with Gasteiger partial charge in [-0.25, -0.2) is 9.97 Å². The Hall–Kier alpha value is -3.80. The molecule has 5 N–H and O–H groups in total. The van der Waals surface area contributed by atoms with Crippen LogP contribution in [0.15, 0.2) is 55.1 Å². The molecule has 0 radical (unpaired) electrons. The quantitative estimate of drug-likeness (QED) is 0.340. The first-order valence-electron chi connectivity index (χ1n) is 10.4. The Morgan fingerprint density at radius 2 is 1.97 bits per heavy atom. The molecule has 0 aliphatic carbocycles. The van der Waals surface area contributed by atoms with Gasteiger partial charge in [-0.3, -0.25) is 9.48 Å². The summed E-state index contributed by atoms with van der Waals surface area (Å²) >= 11 is 0. The van der Waals surface area contributed by atoms with Gasteiger partial charge in [0.1, 0.15) is 30.0 Å². The summed E-state index contributed by atoms with van der Waals surface area (Å²) in [6, 6.07) is 11.2. The Labute approximate surface area is 188 Å². The van der Waals surface area contributed by atoms with Gasteiger partial charge in [-0.2, -0.15) is 5.10 Å². The highest BCUT2D eigenvalue weighted by molar-refractivity contribution is 5.99. The smallest absolute Gasteiger partial charge is 0.252 e. The van der Waals surface area contributed by atoms with Crippen molar-refractivity contribution in [1.29, 1.82) is 0 Å². The maximum atomic E-state index is 12.7. The van der Waals surface area contributed by atoms with Crippen LogP contribution in [0.1, 0.15) is 11.8 Å². The molecule has 0 unspecified atom stereocenters. The summed E-state index contributed by atoms with van der Waals surface area (Å²) in [5.74, 6) is -0.284. The zero-order valence-corrected chi connectivity index (χ0v) is 17.7. The molecule has 4 heterocycles. The van der Waals surface area contributed by atoms with Gasteiger partial charge in [0.15, 0.2) is 12.3 Å². The van der Waals surface area contributed by atoms with Crippen molar-refractivity contribution >= 4 is 22.8 Å². The van der Waals surface area contributed by atoms with Gasteiger partial charge in [-0.15, -0.1) is 0 Å². The molecule has 11 nitrogen and oxygen atoms in total. The van der Waals surface area contributed by atoms with E-state index in [4.69, 9.17) is 10.5 Å². The molecular formula is C22H23N7O4. The minimum Gasteiger partial charge on any atom is -0.387 e. The molecule has 1 fully saturated rings. The predicted molar refractivity (Wildman–Crippen MR) is 118 cm³/mol. The van der Waals surface area contributed by atoms with E-state index in [1.165, 1.54) is 6.33 Å². The molecule has 4 aromatic rings. The molecule has 1 amide bonds. The van der Waals surface area contributed by atoms with Gasteiger partial charge in [0.05, 0.1) is 11.1 Å². The number of hydrogen-bond donors (Lipinski definition) is 4. The largest absolute Gasteiger partial charge is 0.387 e. The van der Waals surface area contributed by atoms with E-state index in [0.29, 0.717) is 22.3 Å². The van der Waals surface area contributed by atoms with E-state index in [9.17, 15) is 15.0 Å². The summed E-state index contributed by atoms with van der Waals surface area (Å²) in [6.45, 7) is 0.271. The number of anilines is 1. The molecule has 1 aliphatic rings. The van der Waals surface area contributed by atoms with Crippen LogP contribution in [0.3, 0.4) is 0 Å². The lowest BCUT2D eigenvalue weighted by molar-refractivity contribution is -0.137. The van der Waals surface area contributed by atoms with Crippen LogP contribution in [-0.2, 0) is 23.1 Å². The number of rotatable bonds is 5. The standard InChI is InChI=1S/C22H23N7O4/c1-28-8-7-14(27-28)13-10-29(20-15(13)19(23)25-11-26-20)22-17(31)16(30)18(33-22)21(32)24-9-12-5-3-2-4-6-12/h2-8,10-11,16-18,22,30-31H,9H2,1H3,(H,24,32)(H2,23,25,26)/t16-,17+,18-,22+/m0/s1. The van der Waals surface area contributed by atoms with Crippen molar-refractivity contribution in [2.45, 2.75) is 31.1 Å². The Bertz CT molecular complexity index is 1300. The molecule has 1 aliphatic heterocycles. The molecule has 0 spiro atoms. The second-order valence-electron chi connectivity index (χ2n) is 7.91. The zero-order valence-electron chi connectivity index (χ0n) is 17.7. The number of aryl methyl sites for hydroxylation is 1. The summed E-state index contributed by atoms with van der Waals surface area (Å²) in [7, 11) is 1.79. The first-order chi connectivity index (χ1) is 15.9. The number of aromatic nitrogens is 5. The van der Waals surface area contributed by atoms with Crippen LogP contribution in [-0.4, -0.2) is 58.7 Å². The van der Waals surface area contributed by atoms with E-state index in [2.05, 4.69) is 20.4 Å². The number of amides is 1. The number of fused-ring (bicyclic) bond motifs is 1. The number of carbonyl (C=O) groups excluding carboxylic acids is 1. The van der Waals surface area contributed by atoms with Crippen LogP contribution in [0.2, 0.25) is 0 Å². The van der Waals surface area contributed by atoms with Gasteiger partial charge >= 0.3 is 0 Å². The van der Waals surface area contributed by atoms with Crippen molar-refractivity contribution < 1.29 is 19.7 Å².